The zero-order valence-electron chi connectivity index (χ0n) is 16.9. The molecule has 1 aliphatic heterocycles. The Bertz CT molecular complexity index is 1120. The maximum absolute atomic E-state index is 13.2. The van der Waals surface area contributed by atoms with Gasteiger partial charge in [0.15, 0.2) is 5.78 Å². The average Bonchev–Trinajstić information content (AvgIpc) is 2.78. The Labute approximate surface area is 185 Å². The number of nitrogens with one attached hydrogen (secondary N) is 2. The fraction of sp³-hybridized carbons (Fsp3) is 0.120. The number of hydrogen-bond donors (Lipinski definition) is 2. The predicted molar refractivity (Wildman–Crippen MR) is 120 cm³/mol. The summed E-state index contributed by atoms with van der Waals surface area (Å²) < 4.78 is 5.84. The SMILES string of the molecule is CC1=C(C(=O)c2ccc(Cl)cc2)[C@H](c2ccc(OCc3ccccc3)cc2)NC(=O)N1. The second-order valence-electron chi connectivity index (χ2n) is 7.25. The largest absolute Gasteiger partial charge is 0.489 e. The minimum Gasteiger partial charge on any atom is -0.489 e. The zero-order chi connectivity index (χ0) is 21.8. The summed E-state index contributed by atoms with van der Waals surface area (Å²) in [5.74, 6) is 0.537. The quantitative estimate of drug-likeness (QED) is 0.510. The van der Waals surface area contributed by atoms with Gasteiger partial charge in [-0.25, -0.2) is 4.79 Å². The molecule has 2 N–H and O–H groups in total. The number of allylic oxidation sites excluding steroid dienone is 1. The van der Waals surface area contributed by atoms with Crippen LogP contribution in [-0.2, 0) is 6.61 Å². The molecule has 0 radical (unpaired) electrons. The van der Waals surface area contributed by atoms with E-state index in [0.717, 1.165) is 11.1 Å². The van der Waals surface area contributed by atoms with Gasteiger partial charge in [0.1, 0.15) is 12.4 Å². The number of rotatable bonds is 6. The highest BCUT2D eigenvalue weighted by Crippen LogP contribution is 2.30. The average molecular weight is 433 g/mol. The van der Waals surface area contributed by atoms with Crippen molar-refractivity contribution in [3.63, 3.8) is 0 Å². The highest BCUT2D eigenvalue weighted by atomic mass is 35.5. The van der Waals surface area contributed by atoms with Crippen molar-refractivity contribution in [2.45, 2.75) is 19.6 Å². The van der Waals surface area contributed by atoms with Crippen molar-refractivity contribution in [2.24, 2.45) is 0 Å². The van der Waals surface area contributed by atoms with Crippen LogP contribution >= 0.6 is 11.6 Å². The molecule has 3 aromatic rings. The molecule has 31 heavy (non-hydrogen) atoms. The Hall–Kier alpha value is -3.57. The first-order chi connectivity index (χ1) is 15.0. The number of amides is 2. The Kier molecular flexibility index (Phi) is 6.05. The zero-order valence-corrected chi connectivity index (χ0v) is 17.6. The van der Waals surface area contributed by atoms with Gasteiger partial charge in [0.2, 0.25) is 0 Å². The van der Waals surface area contributed by atoms with Gasteiger partial charge < -0.3 is 15.4 Å². The van der Waals surface area contributed by atoms with Crippen molar-refractivity contribution in [1.82, 2.24) is 10.6 Å². The first-order valence-electron chi connectivity index (χ1n) is 9.86. The fourth-order valence-electron chi connectivity index (χ4n) is 3.50. The van der Waals surface area contributed by atoms with E-state index in [0.29, 0.717) is 34.2 Å². The standard InChI is InChI=1S/C25H21ClN2O3/c1-16-22(24(29)19-7-11-20(26)12-8-19)23(28-25(30)27-16)18-9-13-21(14-10-18)31-15-17-5-3-2-4-6-17/h2-14,23H,15H2,1H3,(H2,27,28,30)/t23-/m0/s1. The molecule has 1 atom stereocenters. The van der Waals surface area contributed by atoms with E-state index in [-0.39, 0.29) is 11.8 Å². The van der Waals surface area contributed by atoms with E-state index < -0.39 is 6.04 Å². The monoisotopic (exact) mass is 432 g/mol. The summed E-state index contributed by atoms with van der Waals surface area (Å²) >= 11 is 5.95. The number of hydrogen-bond acceptors (Lipinski definition) is 3. The highest BCUT2D eigenvalue weighted by molar-refractivity contribution is 6.30. The number of urea groups is 1. The third-order valence-corrected chi connectivity index (χ3v) is 5.33. The van der Waals surface area contributed by atoms with E-state index in [2.05, 4.69) is 10.6 Å². The van der Waals surface area contributed by atoms with Gasteiger partial charge in [0.25, 0.3) is 0 Å². The van der Waals surface area contributed by atoms with Gasteiger partial charge in [-0.15, -0.1) is 0 Å². The van der Waals surface area contributed by atoms with Gasteiger partial charge in [-0.05, 0) is 54.4 Å². The molecule has 3 aromatic carbocycles. The van der Waals surface area contributed by atoms with Crippen molar-refractivity contribution >= 4 is 23.4 Å². The normalized spacial score (nSPS) is 15.8. The van der Waals surface area contributed by atoms with E-state index in [9.17, 15) is 9.59 Å². The van der Waals surface area contributed by atoms with Gasteiger partial charge in [-0.2, -0.15) is 0 Å². The highest BCUT2D eigenvalue weighted by Gasteiger charge is 2.31. The molecule has 4 rings (SSSR count). The lowest BCUT2D eigenvalue weighted by Crippen LogP contribution is -2.45. The first-order valence-corrected chi connectivity index (χ1v) is 10.2. The van der Waals surface area contributed by atoms with E-state index in [1.165, 1.54) is 0 Å². The second-order valence-corrected chi connectivity index (χ2v) is 7.69. The van der Waals surface area contributed by atoms with Crippen LogP contribution in [0.15, 0.2) is 90.1 Å². The number of ether oxygens (including phenoxy) is 1. The summed E-state index contributed by atoms with van der Waals surface area (Å²) in [6.07, 6.45) is 0. The van der Waals surface area contributed by atoms with Gasteiger partial charge in [0, 0.05) is 21.9 Å². The van der Waals surface area contributed by atoms with E-state index in [1.54, 1.807) is 31.2 Å². The molecular formula is C25H21ClN2O3. The molecule has 1 heterocycles. The van der Waals surface area contributed by atoms with Crippen LogP contribution < -0.4 is 15.4 Å². The van der Waals surface area contributed by atoms with Gasteiger partial charge in [0.05, 0.1) is 6.04 Å². The van der Waals surface area contributed by atoms with E-state index in [1.807, 2.05) is 54.6 Å². The smallest absolute Gasteiger partial charge is 0.319 e. The number of halogens is 1. The summed E-state index contributed by atoms with van der Waals surface area (Å²) in [4.78, 5) is 25.3. The van der Waals surface area contributed by atoms with Crippen LogP contribution in [-0.4, -0.2) is 11.8 Å². The lowest BCUT2D eigenvalue weighted by atomic mass is 9.89. The maximum atomic E-state index is 13.2. The van der Waals surface area contributed by atoms with Crippen molar-refractivity contribution < 1.29 is 14.3 Å². The molecule has 0 aromatic heterocycles. The minimum atomic E-state index is -0.569. The maximum Gasteiger partial charge on any atom is 0.319 e. The van der Waals surface area contributed by atoms with Crippen LogP contribution in [0.4, 0.5) is 4.79 Å². The lowest BCUT2D eigenvalue weighted by Gasteiger charge is -2.28. The Morgan fingerprint density at radius 1 is 0.968 bits per heavy atom. The topological polar surface area (TPSA) is 67.4 Å². The summed E-state index contributed by atoms with van der Waals surface area (Å²) in [6.45, 7) is 2.19. The molecule has 1 aliphatic rings. The molecule has 0 bridgehead atoms. The summed E-state index contributed by atoms with van der Waals surface area (Å²) in [6, 6.07) is 23.1. The van der Waals surface area contributed by atoms with Crippen molar-refractivity contribution in [2.75, 3.05) is 0 Å². The van der Waals surface area contributed by atoms with Gasteiger partial charge >= 0.3 is 6.03 Å². The summed E-state index contributed by atoms with van der Waals surface area (Å²) in [5.41, 5.74) is 3.38. The van der Waals surface area contributed by atoms with Crippen molar-refractivity contribution in [3.05, 3.63) is 112 Å². The third kappa shape index (κ3) is 4.78. The predicted octanol–water partition coefficient (Wildman–Crippen LogP) is 5.43. The Morgan fingerprint density at radius 3 is 2.32 bits per heavy atom. The molecule has 0 aliphatic carbocycles. The minimum absolute atomic E-state index is 0.170. The van der Waals surface area contributed by atoms with Crippen molar-refractivity contribution in [1.29, 1.82) is 0 Å². The van der Waals surface area contributed by atoms with Crippen molar-refractivity contribution in [3.8, 4) is 5.75 Å². The summed E-state index contributed by atoms with van der Waals surface area (Å²) in [5, 5.41) is 6.11. The molecule has 156 valence electrons. The fourth-order valence-corrected chi connectivity index (χ4v) is 3.63. The number of benzene rings is 3. The number of carbonyl (C=O) groups excluding carboxylic acids is 2. The van der Waals surface area contributed by atoms with Crippen LogP contribution in [0.3, 0.4) is 0 Å². The van der Waals surface area contributed by atoms with E-state index >= 15 is 0 Å². The Morgan fingerprint density at radius 2 is 1.65 bits per heavy atom. The molecule has 5 nitrogen and oxygen atoms in total. The molecule has 0 unspecified atom stereocenters. The van der Waals surface area contributed by atoms with Gasteiger partial charge in [-0.1, -0.05) is 54.1 Å². The van der Waals surface area contributed by atoms with Crippen LogP contribution in [0.5, 0.6) is 5.75 Å². The van der Waals surface area contributed by atoms with E-state index in [4.69, 9.17) is 16.3 Å². The molecular weight excluding hydrogens is 412 g/mol. The summed E-state index contributed by atoms with van der Waals surface area (Å²) in [7, 11) is 0. The molecule has 0 spiro atoms. The lowest BCUT2D eigenvalue weighted by molar-refractivity contribution is 0.102. The molecule has 2 amide bonds. The first kappa shape index (κ1) is 20.7. The number of ketones is 1. The molecule has 0 fully saturated rings. The number of carbonyl (C=O) groups is 2. The van der Waals surface area contributed by atoms with Crippen LogP contribution in [0, 0.1) is 0 Å². The Balaban J connectivity index is 1.57. The van der Waals surface area contributed by atoms with Crippen LogP contribution in [0.1, 0.15) is 34.5 Å². The van der Waals surface area contributed by atoms with Crippen LogP contribution in [0.25, 0.3) is 0 Å². The molecule has 0 saturated heterocycles. The molecule has 0 saturated carbocycles. The third-order valence-electron chi connectivity index (χ3n) is 5.08. The second kappa shape index (κ2) is 9.06. The van der Waals surface area contributed by atoms with Crippen LogP contribution in [0.2, 0.25) is 5.02 Å². The number of Topliss-reactive ketones (excluding diaryl/α,β-unsaturated/α-hetero) is 1. The molecule has 6 heteroatoms. The van der Waals surface area contributed by atoms with Gasteiger partial charge in [-0.3, -0.25) is 4.79 Å².